The maximum atomic E-state index is 12.0. The van der Waals surface area contributed by atoms with E-state index in [4.69, 9.17) is 0 Å². The van der Waals surface area contributed by atoms with Crippen molar-refractivity contribution in [3.8, 4) is 0 Å². The molecule has 126 valence electrons. The minimum atomic E-state index is -0.480. The molecule has 7 nitrogen and oxygen atoms in total. The number of hydrogen-bond acceptors (Lipinski definition) is 5. The molecule has 0 heterocycles. The van der Waals surface area contributed by atoms with Gasteiger partial charge in [0.2, 0.25) is 0 Å². The highest BCUT2D eigenvalue weighted by molar-refractivity contribution is 5.95. The van der Waals surface area contributed by atoms with Crippen molar-refractivity contribution in [3.63, 3.8) is 0 Å². The van der Waals surface area contributed by atoms with Crippen LogP contribution in [0.1, 0.15) is 49.9 Å². The molecule has 0 saturated heterocycles. The molecule has 0 spiro atoms. The van der Waals surface area contributed by atoms with Gasteiger partial charge < -0.3 is 15.7 Å². The van der Waals surface area contributed by atoms with Crippen molar-refractivity contribution in [3.05, 3.63) is 33.9 Å². The van der Waals surface area contributed by atoms with Crippen molar-refractivity contribution < 1.29 is 14.8 Å². The van der Waals surface area contributed by atoms with Crippen molar-refractivity contribution in [2.75, 3.05) is 5.32 Å². The van der Waals surface area contributed by atoms with Crippen molar-refractivity contribution in [1.29, 1.82) is 0 Å². The van der Waals surface area contributed by atoms with Gasteiger partial charge in [-0.05, 0) is 51.7 Å². The van der Waals surface area contributed by atoms with Crippen LogP contribution in [0.15, 0.2) is 18.2 Å². The topological polar surface area (TPSA) is 104 Å². The standard InChI is InChI=1S/C16H23N3O4/c1-10(2)17-16(21)11-3-8-14(15(9-11)19(22)23)18-12-4-6-13(20)7-5-12/h3,8-10,12-13,18,20H,4-7H2,1-2H3,(H,17,21). The number of anilines is 1. The number of hydrogen-bond donors (Lipinski definition) is 3. The highest BCUT2D eigenvalue weighted by Gasteiger charge is 2.23. The summed E-state index contributed by atoms with van der Waals surface area (Å²) < 4.78 is 0. The third-order valence-electron chi connectivity index (χ3n) is 3.93. The molecule has 1 amide bonds. The van der Waals surface area contributed by atoms with E-state index < -0.39 is 4.92 Å². The van der Waals surface area contributed by atoms with Crippen LogP contribution < -0.4 is 10.6 Å². The highest BCUT2D eigenvalue weighted by atomic mass is 16.6. The molecule has 0 atom stereocenters. The van der Waals surface area contributed by atoms with E-state index in [0.29, 0.717) is 18.5 Å². The van der Waals surface area contributed by atoms with Crippen LogP contribution in [0.3, 0.4) is 0 Å². The Morgan fingerprint density at radius 3 is 2.52 bits per heavy atom. The summed E-state index contributed by atoms with van der Waals surface area (Å²) >= 11 is 0. The minimum absolute atomic E-state index is 0.0342. The molecular formula is C16H23N3O4. The Bertz CT molecular complexity index is 581. The number of carbonyl (C=O) groups is 1. The van der Waals surface area contributed by atoms with Gasteiger partial charge in [0.25, 0.3) is 11.6 Å². The average Bonchev–Trinajstić information content (AvgIpc) is 2.49. The summed E-state index contributed by atoms with van der Waals surface area (Å²) in [7, 11) is 0. The predicted molar refractivity (Wildman–Crippen MR) is 87.6 cm³/mol. The first-order chi connectivity index (χ1) is 10.9. The molecule has 1 aromatic carbocycles. The van der Waals surface area contributed by atoms with Crippen LogP contribution in [-0.4, -0.2) is 34.1 Å². The van der Waals surface area contributed by atoms with E-state index >= 15 is 0 Å². The molecule has 1 aliphatic carbocycles. The van der Waals surface area contributed by atoms with Crippen molar-refractivity contribution in [2.24, 2.45) is 0 Å². The number of amides is 1. The first-order valence-electron chi connectivity index (χ1n) is 7.90. The Balaban J connectivity index is 2.16. The molecule has 23 heavy (non-hydrogen) atoms. The lowest BCUT2D eigenvalue weighted by Gasteiger charge is -2.26. The van der Waals surface area contributed by atoms with Crippen LogP contribution in [0.2, 0.25) is 0 Å². The lowest BCUT2D eigenvalue weighted by Crippen LogP contribution is -2.30. The fourth-order valence-electron chi connectivity index (χ4n) is 2.73. The van der Waals surface area contributed by atoms with Crippen LogP contribution in [-0.2, 0) is 0 Å². The van der Waals surface area contributed by atoms with Gasteiger partial charge >= 0.3 is 0 Å². The summed E-state index contributed by atoms with van der Waals surface area (Å²) in [5.74, 6) is -0.324. The Morgan fingerprint density at radius 2 is 1.96 bits per heavy atom. The van der Waals surface area contributed by atoms with Gasteiger partial charge in [-0.15, -0.1) is 0 Å². The maximum Gasteiger partial charge on any atom is 0.293 e. The molecule has 0 bridgehead atoms. The molecule has 0 aromatic heterocycles. The van der Waals surface area contributed by atoms with Gasteiger partial charge in [0.1, 0.15) is 5.69 Å². The van der Waals surface area contributed by atoms with E-state index in [0.717, 1.165) is 12.8 Å². The van der Waals surface area contributed by atoms with Crippen molar-refractivity contribution >= 4 is 17.3 Å². The largest absolute Gasteiger partial charge is 0.393 e. The molecule has 1 fully saturated rings. The second-order valence-electron chi connectivity index (χ2n) is 6.27. The van der Waals surface area contributed by atoms with Crippen LogP contribution in [0.5, 0.6) is 0 Å². The Labute approximate surface area is 135 Å². The number of nitrogens with zero attached hydrogens (tertiary/aromatic N) is 1. The van der Waals surface area contributed by atoms with Crippen LogP contribution in [0, 0.1) is 10.1 Å². The minimum Gasteiger partial charge on any atom is -0.393 e. The van der Waals surface area contributed by atoms with Gasteiger partial charge in [0.15, 0.2) is 0 Å². The number of rotatable bonds is 5. The van der Waals surface area contributed by atoms with Gasteiger partial charge in [0.05, 0.1) is 11.0 Å². The van der Waals surface area contributed by atoms with Crippen LogP contribution in [0.4, 0.5) is 11.4 Å². The number of nitrogens with one attached hydrogen (secondary N) is 2. The van der Waals surface area contributed by atoms with E-state index in [1.54, 1.807) is 12.1 Å². The van der Waals surface area contributed by atoms with Gasteiger partial charge in [-0.3, -0.25) is 14.9 Å². The summed E-state index contributed by atoms with van der Waals surface area (Å²) in [6.07, 6.45) is 2.66. The molecular weight excluding hydrogens is 298 g/mol. The lowest BCUT2D eigenvalue weighted by molar-refractivity contribution is -0.384. The fourth-order valence-corrected chi connectivity index (χ4v) is 2.73. The summed E-state index contributed by atoms with van der Waals surface area (Å²) in [5.41, 5.74) is 0.583. The first-order valence-corrected chi connectivity index (χ1v) is 7.90. The second-order valence-corrected chi connectivity index (χ2v) is 6.27. The SMILES string of the molecule is CC(C)NC(=O)c1ccc(NC2CCC(O)CC2)c([N+](=O)[O-])c1. The summed E-state index contributed by atoms with van der Waals surface area (Å²) in [4.78, 5) is 22.8. The smallest absolute Gasteiger partial charge is 0.293 e. The predicted octanol–water partition coefficient (Wildman–Crippen LogP) is 2.45. The Kier molecular flexibility index (Phi) is 5.54. The Morgan fingerprint density at radius 1 is 1.30 bits per heavy atom. The molecule has 0 aliphatic heterocycles. The van der Waals surface area contributed by atoms with Crippen LogP contribution in [0.25, 0.3) is 0 Å². The molecule has 1 saturated carbocycles. The molecule has 3 N–H and O–H groups in total. The second kappa shape index (κ2) is 7.41. The first kappa shape index (κ1) is 17.2. The fraction of sp³-hybridized carbons (Fsp3) is 0.562. The summed E-state index contributed by atoms with van der Waals surface area (Å²) in [6, 6.07) is 4.54. The third kappa shape index (κ3) is 4.66. The normalized spacial score (nSPS) is 21.0. The zero-order valence-electron chi connectivity index (χ0n) is 13.4. The van der Waals surface area contributed by atoms with E-state index in [-0.39, 0.29) is 35.3 Å². The van der Waals surface area contributed by atoms with Gasteiger partial charge in [-0.2, -0.15) is 0 Å². The number of aliphatic hydroxyl groups excluding tert-OH is 1. The van der Waals surface area contributed by atoms with E-state index in [9.17, 15) is 20.0 Å². The maximum absolute atomic E-state index is 12.0. The lowest BCUT2D eigenvalue weighted by atomic mass is 9.93. The average molecular weight is 321 g/mol. The summed E-state index contributed by atoms with van der Waals surface area (Å²) in [6.45, 7) is 3.67. The number of carbonyl (C=O) groups excluding carboxylic acids is 1. The molecule has 0 radical (unpaired) electrons. The van der Waals surface area contributed by atoms with E-state index in [1.165, 1.54) is 6.07 Å². The molecule has 2 rings (SSSR count). The Hall–Kier alpha value is -2.15. The summed E-state index contributed by atoms with van der Waals surface area (Å²) in [5, 5.41) is 26.7. The molecule has 7 heteroatoms. The van der Waals surface area contributed by atoms with Gasteiger partial charge in [-0.1, -0.05) is 0 Å². The zero-order chi connectivity index (χ0) is 17.0. The van der Waals surface area contributed by atoms with E-state index in [1.807, 2.05) is 13.8 Å². The van der Waals surface area contributed by atoms with E-state index in [2.05, 4.69) is 10.6 Å². The molecule has 1 aromatic rings. The number of benzene rings is 1. The third-order valence-corrected chi connectivity index (χ3v) is 3.93. The monoisotopic (exact) mass is 321 g/mol. The number of aliphatic hydroxyl groups is 1. The highest BCUT2D eigenvalue weighted by Crippen LogP contribution is 2.29. The molecule has 1 aliphatic rings. The van der Waals surface area contributed by atoms with Gasteiger partial charge in [0, 0.05) is 23.7 Å². The molecule has 0 unspecified atom stereocenters. The van der Waals surface area contributed by atoms with Crippen molar-refractivity contribution in [1.82, 2.24) is 5.32 Å². The zero-order valence-corrected chi connectivity index (χ0v) is 13.4. The quantitative estimate of drug-likeness (QED) is 0.571. The number of nitro groups is 1. The van der Waals surface area contributed by atoms with Crippen molar-refractivity contribution in [2.45, 2.75) is 57.7 Å². The number of nitro benzene ring substituents is 1. The van der Waals surface area contributed by atoms with Crippen LogP contribution >= 0.6 is 0 Å². The van der Waals surface area contributed by atoms with Gasteiger partial charge in [-0.25, -0.2) is 0 Å².